The van der Waals surface area contributed by atoms with Crippen molar-refractivity contribution in [1.29, 1.82) is 0 Å². The lowest BCUT2D eigenvalue weighted by atomic mass is 9.99. The number of aliphatic carboxylic acids is 1. The molecule has 6 rings (SSSR count). The molecule has 4 aromatic rings. The molecule has 11 atom stereocenters. The fourth-order valence-corrected chi connectivity index (χ4v) is 12.0. The van der Waals surface area contributed by atoms with Crippen LogP contribution in [0.2, 0.25) is 0 Å². The Kier molecular flexibility index (Phi) is 30.1. The predicted octanol–water partition coefficient (Wildman–Crippen LogP) is -3.97. The van der Waals surface area contributed by atoms with Gasteiger partial charge in [0.15, 0.2) is 5.96 Å². The van der Waals surface area contributed by atoms with E-state index >= 15 is 0 Å². The number of aliphatic imine (C=N–C) groups is 1. The van der Waals surface area contributed by atoms with Gasteiger partial charge in [0.25, 0.3) is 0 Å². The van der Waals surface area contributed by atoms with Crippen molar-refractivity contribution < 1.29 is 67.7 Å². The number of H-pyrrole nitrogens is 3. The molecule has 3 aromatic heterocycles. The number of nitrogens with two attached hydrogens (primary N) is 3. The number of para-hydroxylation sites is 1. The highest BCUT2D eigenvalue weighted by Crippen LogP contribution is 2.24. The van der Waals surface area contributed by atoms with Crippen LogP contribution in [-0.2, 0) is 76.8 Å². The molecule has 98 heavy (non-hydrogen) atoms. The first-order chi connectivity index (χ1) is 46.7. The molecule has 2 aliphatic rings. The Labute approximate surface area is 576 Å². The van der Waals surface area contributed by atoms with Gasteiger partial charge in [0.2, 0.25) is 65.0 Å². The number of rotatable bonds is 38. The number of hydrogen-bond donors (Lipinski definition) is 19. The number of aliphatic hydroxyl groups is 1. The van der Waals surface area contributed by atoms with Crippen LogP contribution in [0, 0.1) is 11.8 Å². The van der Waals surface area contributed by atoms with E-state index in [4.69, 9.17) is 17.2 Å². The minimum absolute atomic E-state index is 0.00727. The number of guanidine groups is 1. The van der Waals surface area contributed by atoms with E-state index < -0.39 is 151 Å². The molecule has 20 N–H and O–H groups in total. The molecule has 0 aliphatic carbocycles. The van der Waals surface area contributed by atoms with Gasteiger partial charge in [-0.2, -0.15) is 25.3 Å². The number of fused-ring (bicyclic) bond motifs is 1. The van der Waals surface area contributed by atoms with E-state index in [0.717, 1.165) is 0 Å². The summed E-state index contributed by atoms with van der Waals surface area (Å²) in [5.41, 5.74) is 19.7. The zero-order valence-electron chi connectivity index (χ0n) is 55.1. The van der Waals surface area contributed by atoms with E-state index in [1.54, 1.807) is 58.2 Å². The largest absolute Gasteiger partial charge is 0.480 e. The van der Waals surface area contributed by atoms with Gasteiger partial charge in [0.1, 0.15) is 60.4 Å². The normalized spacial score (nSPS) is 17.2. The first-order valence-electron chi connectivity index (χ1n) is 32.4. The number of nitrogens with zero attached hydrogens (tertiary/aromatic N) is 5. The Bertz CT molecular complexity index is 3420. The molecule has 5 heterocycles. The second-order valence-electron chi connectivity index (χ2n) is 25.0. The fourth-order valence-electron chi connectivity index (χ4n) is 11.5. The van der Waals surface area contributed by atoms with Gasteiger partial charge in [-0.3, -0.25) is 57.7 Å². The van der Waals surface area contributed by atoms with Crippen molar-refractivity contribution in [3.63, 3.8) is 0 Å². The van der Waals surface area contributed by atoms with Crippen molar-refractivity contribution >= 4 is 113 Å². The minimum Gasteiger partial charge on any atom is -0.480 e. The Hall–Kier alpha value is -9.29. The maximum absolute atomic E-state index is 14.8. The third-order valence-electron chi connectivity index (χ3n) is 16.4. The number of imidazole rings is 2. The average Bonchev–Trinajstić information content (AvgIpc) is 1.65. The smallest absolute Gasteiger partial charge is 0.326 e. The van der Waals surface area contributed by atoms with Gasteiger partial charge in [0, 0.05) is 91.3 Å². The molecule has 0 saturated carbocycles. The summed E-state index contributed by atoms with van der Waals surface area (Å²) in [6, 6.07) is -7.14. The monoisotopic (exact) mass is 1400 g/mol. The topological polar surface area (TPSA) is 524 Å². The molecule has 1 aromatic carbocycles. The zero-order valence-corrected chi connectivity index (χ0v) is 56.9. The van der Waals surface area contributed by atoms with Crippen molar-refractivity contribution in [2.75, 3.05) is 44.3 Å². The number of carboxylic acids is 1. The van der Waals surface area contributed by atoms with Crippen LogP contribution in [0.4, 0.5) is 0 Å². The van der Waals surface area contributed by atoms with Crippen molar-refractivity contribution in [3.05, 3.63) is 72.5 Å². The number of aromatic nitrogens is 5. The van der Waals surface area contributed by atoms with Crippen LogP contribution in [0.3, 0.4) is 0 Å². The summed E-state index contributed by atoms with van der Waals surface area (Å²) < 4.78 is 0. The van der Waals surface area contributed by atoms with Crippen LogP contribution >= 0.6 is 25.3 Å². The lowest BCUT2D eigenvalue weighted by molar-refractivity contribution is -0.143. The van der Waals surface area contributed by atoms with E-state index in [1.165, 1.54) is 34.8 Å². The highest BCUT2D eigenvalue weighted by molar-refractivity contribution is 7.80. The summed E-state index contributed by atoms with van der Waals surface area (Å²) in [5.74, 6) is -11.2. The van der Waals surface area contributed by atoms with Gasteiger partial charge < -0.3 is 100 Å². The molecule has 0 unspecified atom stereocenters. The van der Waals surface area contributed by atoms with Gasteiger partial charge in [0.05, 0.1) is 31.8 Å². The molecule has 2 fully saturated rings. The number of likely N-dealkylation sites (tertiary alicyclic amines) is 2. The number of carbonyl (C=O) groups excluding carboxylic acids is 11. The number of thiol groups is 2. The molecule has 2 aliphatic heterocycles. The van der Waals surface area contributed by atoms with Gasteiger partial charge >= 0.3 is 5.97 Å². The van der Waals surface area contributed by atoms with E-state index in [0.29, 0.717) is 47.1 Å². The summed E-state index contributed by atoms with van der Waals surface area (Å²) in [7, 11) is 0. The maximum atomic E-state index is 14.8. The number of aromatic amines is 3. The summed E-state index contributed by atoms with van der Waals surface area (Å²) in [4.78, 5) is 189. The standard InChI is InChI=1S/C62H92N20O14S2/c1-32(2)18-41(52(86)74-40(12-7-15-68-62(64)65)60(94)82-17-9-14-49(82)58(92)80-47(29-98)56(90)76-42(19-33(3)4)53(87)78-44(61(95)96)22-36-25-67-31-72-36)75-54(88)43(20-34-23-69-39-11-6-5-10-37(34)39)77-55(89)45(27-83)73-50(84)26-70-51(85)46(28-97)79-57(91)48-13-8-16-81(48)59(93)38(63)21-35-24-66-30-71-35/h5-6,10-11,23-25,30-33,38,40-49,69,83,97-98H,7-9,12-22,26-29,63H2,1-4H3,(H,66,71)(H,67,72)(H,70,85)(H,73,84)(H,74,86)(H,75,88)(H,76,90)(H,77,89)(H,78,87)(H,79,91)(H,80,92)(H,95,96)(H4,64,65,68)/t38-,40-,41-,42-,43-,44-,45-,46-,47-,48-,49-/m0/s1. The van der Waals surface area contributed by atoms with Crippen LogP contribution in [0.5, 0.6) is 0 Å². The number of carbonyl (C=O) groups is 12. The highest BCUT2D eigenvalue weighted by Gasteiger charge is 2.42. The Morgan fingerprint density at radius 2 is 1.11 bits per heavy atom. The Morgan fingerprint density at radius 3 is 1.64 bits per heavy atom. The van der Waals surface area contributed by atoms with Crippen molar-refractivity contribution in [1.82, 2.24) is 82.6 Å². The number of hydrogen-bond acceptors (Lipinski definition) is 19. The number of carboxylic acid groups (broad SMARTS) is 1. The third kappa shape index (κ3) is 22.9. The van der Waals surface area contributed by atoms with Gasteiger partial charge in [-0.05, 0) is 74.8 Å². The second-order valence-corrected chi connectivity index (χ2v) is 25.7. The number of amides is 11. The molecule has 0 spiro atoms. The SMILES string of the molecule is CC(C)C[C@H](NC(=O)[C@H](CS)NC(=O)[C@@H]1CCCN1C(=O)[C@H](CCCN=C(N)N)NC(=O)[C@H](CC(C)C)NC(=O)[C@H](Cc1c[nH]c2ccccc12)NC(=O)[C@H](CO)NC(=O)CNC(=O)[C@H](CS)NC(=O)[C@@H]1CCCN1C(=O)[C@@H](N)Cc1cnc[nH]1)C(=O)N[C@@H](Cc1cnc[nH]1)C(=O)O. The summed E-state index contributed by atoms with van der Waals surface area (Å²) in [5, 5.41) is 44.3. The van der Waals surface area contributed by atoms with Crippen LogP contribution in [0.1, 0.15) is 96.0 Å². The van der Waals surface area contributed by atoms with E-state index in [2.05, 4.69) is 103 Å². The van der Waals surface area contributed by atoms with E-state index in [-0.39, 0.29) is 100 Å². The van der Waals surface area contributed by atoms with Crippen LogP contribution in [0.15, 0.2) is 60.5 Å². The summed E-state index contributed by atoms with van der Waals surface area (Å²) >= 11 is 8.55. The second kappa shape index (κ2) is 38.0. The first-order valence-corrected chi connectivity index (χ1v) is 33.6. The first kappa shape index (κ1) is 77.7. The molecule has 0 radical (unpaired) electrons. The quantitative estimate of drug-likeness (QED) is 0.00881. The zero-order chi connectivity index (χ0) is 71.8. The molecule has 36 heteroatoms. The van der Waals surface area contributed by atoms with Crippen LogP contribution in [-0.4, -0.2) is 233 Å². The van der Waals surface area contributed by atoms with Crippen LogP contribution < -0.4 is 65.1 Å². The van der Waals surface area contributed by atoms with Gasteiger partial charge in [-0.15, -0.1) is 0 Å². The predicted molar refractivity (Wildman–Crippen MR) is 364 cm³/mol. The molecule has 0 bridgehead atoms. The highest BCUT2D eigenvalue weighted by atomic mass is 32.1. The molecule has 11 amide bonds. The lowest BCUT2D eigenvalue weighted by Gasteiger charge is -2.31. The summed E-state index contributed by atoms with van der Waals surface area (Å²) in [6.07, 6.45) is 8.63. The number of benzene rings is 1. The van der Waals surface area contributed by atoms with Crippen molar-refractivity contribution in [2.45, 2.75) is 165 Å². The third-order valence-corrected chi connectivity index (χ3v) is 17.2. The molecular weight excluding hydrogens is 1310 g/mol. The number of aliphatic hydroxyl groups excluding tert-OH is 1. The van der Waals surface area contributed by atoms with Crippen molar-refractivity contribution in [2.24, 2.45) is 34.0 Å². The molecule has 2 saturated heterocycles. The van der Waals surface area contributed by atoms with Crippen molar-refractivity contribution in [3.8, 4) is 0 Å². The summed E-state index contributed by atoms with van der Waals surface area (Å²) in [6.45, 7) is 5.74. The van der Waals surface area contributed by atoms with E-state index in [9.17, 15) is 67.7 Å². The van der Waals surface area contributed by atoms with Gasteiger partial charge in [-0.25, -0.2) is 14.8 Å². The Morgan fingerprint density at radius 1 is 0.612 bits per heavy atom. The maximum Gasteiger partial charge on any atom is 0.326 e. The molecular formula is C62H92N20O14S2. The average molecular weight is 1410 g/mol. The van der Waals surface area contributed by atoms with Gasteiger partial charge in [-0.1, -0.05) is 45.9 Å². The van der Waals surface area contributed by atoms with Crippen LogP contribution in [0.25, 0.3) is 10.9 Å². The fraction of sp³-hybridized carbons (Fsp3) is 0.565. The molecule has 34 nitrogen and oxygen atoms in total. The Balaban J connectivity index is 1.13. The molecule has 536 valence electrons. The lowest BCUT2D eigenvalue weighted by Crippen LogP contribution is -2.61. The minimum atomic E-state index is -1.71. The number of nitrogens with one attached hydrogen (secondary N) is 12. The van der Waals surface area contributed by atoms with E-state index in [1.807, 2.05) is 0 Å².